The molecule has 0 saturated heterocycles. The van der Waals surface area contributed by atoms with Crippen LogP contribution in [0.15, 0.2) is 137 Å². The number of nitrogens with one attached hydrogen (secondary N) is 1. The van der Waals surface area contributed by atoms with Crippen LogP contribution in [0.3, 0.4) is 0 Å². The van der Waals surface area contributed by atoms with E-state index < -0.39 is 5.91 Å². The van der Waals surface area contributed by atoms with E-state index in [2.05, 4.69) is 21.6 Å². The molecule has 1 amide bonds. The predicted octanol–water partition coefficient (Wildman–Crippen LogP) is 4.94. The Morgan fingerprint density at radius 2 is 1.45 bits per heavy atom. The summed E-state index contributed by atoms with van der Waals surface area (Å²) in [5.74, 6) is -0.589. The highest BCUT2D eigenvalue weighted by molar-refractivity contribution is 7.07. The summed E-state index contributed by atoms with van der Waals surface area (Å²) < 4.78 is 9.20. The van der Waals surface area contributed by atoms with Gasteiger partial charge in [-0.25, -0.2) is 4.68 Å². The molecule has 0 saturated carbocycles. The van der Waals surface area contributed by atoms with E-state index in [4.69, 9.17) is 9.52 Å². The first-order valence-electron chi connectivity index (χ1n) is 14.4. The molecule has 7 aromatic rings. The third-order valence-corrected chi connectivity index (χ3v) is 8.16. The van der Waals surface area contributed by atoms with E-state index in [0.29, 0.717) is 27.9 Å². The number of carbonyl (C=O) groups excluding carboxylic acids is 1. The predicted molar refractivity (Wildman–Crippen MR) is 179 cm³/mol. The van der Waals surface area contributed by atoms with E-state index in [-0.39, 0.29) is 26.9 Å². The summed E-state index contributed by atoms with van der Waals surface area (Å²) in [6.45, 7) is 0. The van der Waals surface area contributed by atoms with Crippen molar-refractivity contribution < 1.29 is 9.21 Å². The molecule has 0 spiro atoms. The number of aromatic nitrogens is 5. The van der Waals surface area contributed by atoms with Crippen molar-refractivity contribution in [2.24, 2.45) is 0 Å². The third kappa shape index (κ3) is 5.92. The summed E-state index contributed by atoms with van der Waals surface area (Å²) in [4.78, 5) is 26.5. The Kier molecular flexibility index (Phi) is 7.90. The second-order valence-corrected chi connectivity index (χ2v) is 11.2. The molecule has 0 radical (unpaired) electrons. The lowest BCUT2D eigenvalue weighted by Crippen LogP contribution is -2.31. The SMILES string of the molecule is N#C/C(c1nnc(NC(=O)c2ccccc2)o1)=c1\sc(=O)/c(=C/c2cn(-c3ccccc3)nc2-c2ccccc2)n1-c1ccccc1. The van der Waals surface area contributed by atoms with Gasteiger partial charge >= 0.3 is 6.01 Å². The van der Waals surface area contributed by atoms with Gasteiger partial charge in [0.05, 0.1) is 5.69 Å². The van der Waals surface area contributed by atoms with Crippen LogP contribution in [0.5, 0.6) is 0 Å². The second kappa shape index (κ2) is 12.8. The molecule has 0 aliphatic heterocycles. The molecule has 0 aliphatic rings. The van der Waals surface area contributed by atoms with Gasteiger partial charge in [-0.15, -0.1) is 5.10 Å². The van der Waals surface area contributed by atoms with Gasteiger partial charge in [0.2, 0.25) is 0 Å². The zero-order chi connectivity index (χ0) is 32.2. The minimum absolute atomic E-state index is 0.0217. The van der Waals surface area contributed by atoms with Gasteiger partial charge in [-0.2, -0.15) is 10.4 Å². The fraction of sp³-hybridized carbons (Fsp3) is 0. The van der Waals surface area contributed by atoms with Crippen LogP contribution in [0.2, 0.25) is 0 Å². The van der Waals surface area contributed by atoms with Crippen LogP contribution >= 0.6 is 11.3 Å². The summed E-state index contributed by atoms with van der Waals surface area (Å²) in [6.07, 6.45) is 3.65. The molecule has 3 aromatic heterocycles. The van der Waals surface area contributed by atoms with Crippen LogP contribution in [0.4, 0.5) is 6.01 Å². The van der Waals surface area contributed by atoms with E-state index in [1.165, 1.54) is 0 Å². The zero-order valence-corrected chi connectivity index (χ0v) is 25.3. The van der Waals surface area contributed by atoms with Crippen LogP contribution in [0.25, 0.3) is 34.3 Å². The molecular formula is C36H23N7O3S. The molecule has 0 atom stereocenters. The molecule has 4 aromatic carbocycles. The topological polar surface area (TPSA) is 132 Å². The van der Waals surface area contributed by atoms with E-state index in [1.54, 1.807) is 45.7 Å². The second-order valence-electron chi connectivity index (χ2n) is 10.2. The smallest absolute Gasteiger partial charge is 0.322 e. The Morgan fingerprint density at radius 1 is 0.830 bits per heavy atom. The Labute approximate surface area is 271 Å². The van der Waals surface area contributed by atoms with Crippen molar-refractivity contribution in [3.8, 4) is 28.7 Å². The molecule has 0 unspecified atom stereocenters. The van der Waals surface area contributed by atoms with E-state index in [9.17, 15) is 14.9 Å². The van der Waals surface area contributed by atoms with Crippen LogP contribution in [0, 0.1) is 11.3 Å². The third-order valence-electron chi connectivity index (χ3n) is 7.18. The molecule has 0 bridgehead atoms. The number of anilines is 1. The van der Waals surface area contributed by atoms with Crippen molar-refractivity contribution in [1.82, 2.24) is 24.5 Å². The number of para-hydroxylation sites is 2. The lowest BCUT2D eigenvalue weighted by atomic mass is 10.1. The number of hydrogen-bond donors (Lipinski definition) is 1. The molecular weight excluding hydrogens is 611 g/mol. The Hall–Kier alpha value is -6.64. The largest absolute Gasteiger partial charge is 0.402 e. The highest BCUT2D eigenvalue weighted by atomic mass is 32.1. The van der Waals surface area contributed by atoms with Crippen molar-refractivity contribution in [1.29, 1.82) is 5.26 Å². The summed E-state index contributed by atoms with van der Waals surface area (Å²) in [7, 11) is 0. The standard InChI is InChI=1S/C36H23N7O3S/c37-22-29(33-39-40-36(46-33)38-32(44)25-15-7-2-8-16-25)34-43(28-19-11-4-12-20-28)30(35(45)47-34)21-26-23-42(27-17-9-3-10-18-27)41-31(26)24-13-5-1-6-14-24/h1-21,23H,(H,38,40,44)/b30-21-,34-29+. The average Bonchev–Trinajstić information content (AvgIpc) is 3.85. The van der Waals surface area contributed by atoms with Crippen molar-refractivity contribution in [3.05, 3.63) is 164 Å². The van der Waals surface area contributed by atoms with Crippen molar-refractivity contribution in [2.45, 2.75) is 0 Å². The zero-order valence-electron chi connectivity index (χ0n) is 24.5. The number of thiazole rings is 1. The van der Waals surface area contributed by atoms with Gasteiger partial charge in [0.25, 0.3) is 16.5 Å². The van der Waals surface area contributed by atoms with Crippen molar-refractivity contribution >= 4 is 34.9 Å². The maximum Gasteiger partial charge on any atom is 0.322 e. The summed E-state index contributed by atoms with van der Waals surface area (Å²) in [5.41, 5.74) is 4.15. The molecule has 0 fully saturated rings. The summed E-state index contributed by atoms with van der Waals surface area (Å²) in [5, 5.41) is 26.1. The van der Waals surface area contributed by atoms with Gasteiger partial charge < -0.3 is 4.42 Å². The molecule has 7 rings (SSSR count). The number of nitrogens with zero attached hydrogens (tertiary/aromatic N) is 6. The minimum Gasteiger partial charge on any atom is -0.402 e. The van der Waals surface area contributed by atoms with Gasteiger partial charge in [0, 0.05) is 28.6 Å². The van der Waals surface area contributed by atoms with Crippen molar-refractivity contribution in [3.63, 3.8) is 0 Å². The summed E-state index contributed by atoms with van der Waals surface area (Å²) in [6, 6.07) is 39.2. The first-order valence-corrected chi connectivity index (χ1v) is 15.2. The lowest BCUT2D eigenvalue weighted by molar-refractivity contribution is 0.102. The number of rotatable bonds is 7. The summed E-state index contributed by atoms with van der Waals surface area (Å²) >= 11 is 0.882. The monoisotopic (exact) mass is 633 g/mol. The number of hydrogen-bond acceptors (Lipinski definition) is 8. The number of amides is 1. The van der Waals surface area contributed by atoms with Crippen LogP contribution in [-0.4, -0.2) is 30.5 Å². The first kappa shape index (κ1) is 29.1. The fourth-order valence-electron chi connectivity index (χ4n) is 5.00. The fourth-order valence-corrected chi connectivity index (χ4v) is 5.96. The molecule has 10 nitrogen and oxygen atoms in total. The Balaban J connectivity index is 1.42. The molecule has 1 N–H and O–H groups in total. The Bertz CT molecular complexity index is 2430. The normalized spacial score (nSPS) is 12.0. The molecule has 11 heteroatoms. The highest BCUT2D eigenvalue weighted by Crippen LogP contribution is 2.24. The van der Waals surface area contributed by atoms with Gasteiger partial charge in [-0.3, -0.25) is 19.5 Å². The number of benzene rings is 4. The van der Waals surface area contributed by atoms with Gasteiger partial charge in [-0.1, -0.05) is 101 Å². The van der Waals surface area contributed by atoms with Crippen LogP contribution in [0.1, 0.15) is 21.8 Å². The van der Waals surface area contributed by atoms with E-state index >= 15 is 0 Å². The number of carbonyl (C=O) groups is 1. The average molecular weight is 634 g/mol. The molecule has 226 valence electrons. The quantitative estimate of drug-likeness (QED) is 0.263. The highest BCUT2D eigenvalue weighted by Gasteiger charge is 2.20. The van der Waals surface area contributed by atoms with Crippen molar-refractivity contribution in [2.75, 3.05) is 5.32 Å². The number of nitriles is 1. The molecule has 0 aliphatic carbocycles. The maximum atomic E-state index is 13.8. The Morgan fingerprint density at radius 3 is 2.11 bits per heavy atom. The maximum absolute atomic E-state index is 13.8. The van der Waals surface area contributed by atoms with Gasteiger partial charge in [0.1, 0.15) is 21.8 Å². The van der Waals surface area contributed by atoms with E-state index in [0.717, 1.165) is 22.6 Å². The van der Waals surface area contributed by atoms with Crippen LogP contribution in [-0.2, 0) is 0 Å². The van der Waals surface area contributed by atoms with Gasteiger partial charge in [-0.05, 0) is 42.5 Å². The minimum atomic E-state index is -0.446. The lowest BCUT2D eigenvalue weighted by Gasteiger charge is -2.05. The molecule has 47 heavy (non-hydrogen) atoms. The van der Waals surface area contributed by atoms with Crippen LogP contribution < -0.4 is 20.1 Å². The van der Waals surface area contributed by atoms with Gasteiger partial charge in [0.15, 0.2) is 5.57 Å². The first-order chi connectivity index (χ1) is 23.1. The molecule has 3 heterocycles. The van der Waals surface area contributed by atoms with E-state index in [1.807, 2.05) is 97.2 Å².